The lowest BCUT2D eigenvalue weighted by molar-refractivity contribution is -0.118. The first kappa shape index (κ1) is 20.9. The summed E-state index contributed by atoms with van der Waals surface area (Å²) in [4.78, 5) is 32.2. The quantitative estimate of drug-likeness (QED) is 0.624. The van der Waals surface area contributed by atoms with Crippen LogP contribution in [0.5, 0.6) is 0 Å². The summed E-state index contributed by atoms with van der Waals surface area (Å²) in [6.45, 7) is 5.87. The third kappa shape index (κ3) is 4.55. The second kappa shape index (κ2) is 9.20. The van der Waals surface area contributed by atoms with E-state index in [1.54, 1.807) is 24.5 Å². The van der Waals surface area contributed by atoms with Gasteiger partial charge in [0.05, 0.1) is 12.0 Å². The molecule has 1 atom stereocenters. The molecule has 7 nitrogen and oxygen atoms in total. The van der Waals surface area contributed by atoms with Crippen molar-refractivity contribution in [2.75, 3.05) is 23.3 Å². The second-order valence-electron chi connectivity index (χ2n) is 8.26. The summed E-state index contributed by atoms with van der Waals surface area (Å²) in [5, 5.41) is 7.74. The van der Waals surface area contributed by atoms with Crippen molar-refractivity contribution in [3.8, 4) is 0 Å². The van der Waals surface area contributed by atoms with Crippen molar-refractivity contribution in [3.05, 3.63) is 54.7 Å². The van der Waals surface area contributed by atoms with Gasteiger partial charge < -0.3 is 20.0 Å². The number of aromatic nitrogens is 1. The zero-order valence-corrected chi connectivity index (χ0v) is 17.9. The number of furan rings is 1. The molecule has 2 amide bonds. The first-order chi connectivity index (χ1) is 15.0. The Morgan fingerprint density at radius 3 is 2.58 bits per heavy atom. The van der Waals surface area contributed by atoms with Gasteiger partial charge in [0.2, 0.25) is 5.91 Å². The zero-order chi connectivity index (χ0) is 21.8. The maximum Gasteiger partial charge on any atom is 0.287 e. The van der Waals surface area contributed by atoms with E-state index in [4.69, 9.17) is 4.42 Å². The third-order valence-electron chi connectivity index (χ3n) is 5.73. The van der Waals surface area contributed by atoms with Gasteiger partial charge in [-0.2, -0.15) is 0 Å². The fourth-order valence-corrected chi connectivity index (χ4v) is 4.06. The summed E-state index contributed by atoms with van der Waals surface area (Å²) in [7, 11) is 0. The Balaban J connectivity index is 1.58. The van der Waals surface area contributed by atoms with Crippen molar-refractivity contribution < 1.29 is 14.0 Å². The van der Waals surface area contributed by atoms with Crippen LogP contribution in [0.15, 0.2) is 53.4 Å². The molecule has 7 heteroatoms. The minimum atomic E-state index is -0.703. The summed E-state index contributed by atoms with van der Waals surface area (Å²) in [6.07, 6.45) is 8.64. The number of carbonyl (C=O) groups excluding carboxylic acids is 2. The Kier molecular flexibility index (Phi) is 6.21. The number of rotatable bonds is 6. The minimum absolute atomic E-state index is 0.101. The van der Waals surface area contributed by atoms with Crippen molar-refractivity contribution >= 4 is 34.0 Å². The Bertz CT molecular complexity index is 1060. The molecule has 162 valence electrons. The van der Waals surface area contributed by atoms with E-state index in [-0.39, 0.29) is 17.6 Å². The summed E-state index contributed by atoms with van der Waals surface area (Å²) in [6, 6.07) is 8.50. The molecule has 1 aliphatic heterocycles. The fraction of sp³-hybridized carbons (Fsp3) is 0.375. The van der Waals surface area contributed by atoms with Crippen molar-refractivity contribution in [3.63, 3.8) is 0 Å². The predicted octanol–water partition coefficient (Wildman–Crippen LogP) is 4.21. The number of benzene rings is 1. The third-order valence-corrected chi connectivity index (χ3v) is 5.73. The largest absolute Gasteiger partial charge is 0.459 e. The summed E-state index contributed by atoms with van der Waals surface area (Å²) >= 11 is 0. The normalized spacial score (nSPS) is 15.1. The maximum absolute atomic E-state index is 13.1. The highest BCUT2D eigenvalue weighted by atomic mass is 16.3. The number of anilines is 2. The molecule has 0 bridgehead atoms. The van der Waals surface area contributed by atoms with E-state index in [0.29, 0.717) is 5.69 Å². The molecule has 0 radical (unpaired) electrons. The van der Waals surface area contributed by atoms with E-state index in [0.717, 1.165) is 23.9 Å². The fourth-order valence-electron chi connectivity index (χ4n) is 4.06. The summed E-state index contributed by atoms with van der Waals surface area (Å²) < 4.78 is 5.15. The van der Waals surface area contributed by atoms with Crippen molar-refractivity contribution in [1.82, 2.24) is 10.3 Å². The standard InChI is InChI=1S/C24H28N4O3/c1-16(2)22(27-23(29)21-7-6-14-31-21)24(30)26-19-8-9-20(28-12-4-3-5-13-28)17-10-11-25-15-18(17)19/h6-11,14-16,22H,3-5,12-13H2,1-2H3,(H,26,30)(H,27,29). The molecule has 4 rings (SSSR count). The number of carbonyl (C=O) groups is 2. The van der Waals surface area contributed by atoms with Gasteiger partial charge in [-0.1, -0.05) is 13.8 Å². The zero-order valence-electron chi connectivity index (χ0n) is 17.9. The first-order valence-electron chi connectivity index (χ1n) is 10.8. The number of nitrogens with one attached hydrogen (secondary N) is 2. The van der Waals surface area contributed by atoms with Crippen LogP contribution in [0.4, 0.5) is 11.4 Å². The lowest BCUT2D eigenvalue weighted by atomic mass is 10.0. The molecule has 3 aromatic rings. The number of hydrogen-bond acceptors (Lipinski definition) is 5. The van der Waals surface area contributed by atoms with Gasteiger partial charge in [-0.3, -0.25) is 14.6 Å². The second-order valence-corrected chi connectivity index (χ2v) is 8.26. The molecule has 31 heavy (non-hydrogen) atoms. The van der Waals surface area contributed by atoms with E-state index < -0.39 is 11.9 Å². The SMILES string of the molecule is CC(C)C(NC(=O)c1ccco1)C(=O)Nc1ccc(N2CCCCC2)c2ccncc12. The summed E-state index contributed by atoms with van der Waals surface area (Å²) in [5.41, 5.74) is 1.85. The van der Waals surface area contributed by atoms with Crippen LogP contribution in [0.2, 0.25) is 0 Å². The van der Waals surface area contributed by atoms with Crippen LogP contribution >= 0.6 is 0 Å². The van der Waals surface area contributed by atoms with Crippen LogP contribution in [0, 0.1) is 5.92 Å². The van der Waals surface area contributed by atoms with Gasteiger partial charge in [-0.25, -0.2) is 0 Å². The number of piperidine rings is 1. The molecule has 1 aliphatic rings. The molecular formula is C24H28N4O3. The Hall–Kier alpha value is -3.35. The molecule has 1 saturated heterocycles. The van der Waals surface area contributed by atoms with E-state index in [9.17, 15) is 9.59 Å². The maximum atomic E-state index is 13.1. The van der Waals surface area contributed by atoms with Crippen molar-refractivity contribution in [2.45, 2.75) is 39.2 Å². The molecule has 1 aromatic carbocycles. The van der Waals surface area contributed by atoms with Gasteiger partial charge in [-0.05, 0) is 55.5 Å². The Morgan fingerprint density at radius 1 is 1.06 bits per heavy atom. The highest BCUT2D eigenvalue weighted by molar-refractivity contribution is 6.08. The lowest BCUT2D eigenvalue weighted by Crippen LogP contribution is -2.47. The first-order valence-corrected chi connectivity index (χ1v) is 10.8. The topological polar surface area (TPSA) is 87.5 Å². The summed E-state index contributed by atoms with van der Waals surface area (Å²) in [5.74, 6) is -0.605. The smallest absolute Gasteiger partial charge is 0.287 e. The predicted molar refractivity (Wildman–Crippen MR) is 121 cm³/mol. The average Bonchev–Trinajstić information content (AvgIpc) is 3.33. The monoisotopic (exact) mass is 420 g/mol. The molecule has 2 aromatic heterocycles. The highest BCUT2D eigenvalue weighted by Crippen LogP contribution is 2.33. The number of amides is 2. The molecule has 0 spiro atoms. The van der Waals surface area contributed by atoms with Gasteiger partial charge in [-0.15, -0.1) is 0 Å². The van der Waals surface area contributed by atoms with Gasteiger partial charge in [0.15, 0.2) is 5.76 Å². The Morgan fingerprint density at radius 2 is 1.87 bits per heavy atom. The number of pyridine rings is 1. The molecule has 0 saturated carbocycles. The number of fused-ring (bicyclic) bond motifs is 1. The average molecular weight is 421 g/mol. The molecule has 2 N–H and O–H groups in total. The van der Waals surface area contributed by atoms with Crippen molar-refractivity contribution in [2.24, 2.45) is 5.92 Å². The van der Waals surface area contributed by atoms with E-state index >= 15 is 0 Å². The van der Waals surface area contributed by atoms with Gasteiger partial charge in [0.1, 0.15) is 6.04 Å². The van der Waals surface area contributed by atoms with Crippen LogP contribution in [-0.2, 0) is 4.79 Å². The lowest BCUT2D eigenvalue weighted by Gasteiger charge is -2.30. The molecular weight excluding hydrogens is 392 g/mol. The van der Waals surface area contributed by atoms with E-state index in [2.05, 4.69) is 26.6 Å². The number of nitrogens with zero attached hydrogens (tertiary/aromatic N) is 2. The molecule has 1 fully saturated rings. The van der Waals surface area contributed by atoms with Gasteiger partial charge in [0.25, 0.3) is 5.91 Å². The van der Waals surface area contributed by atoms with Crippen LogP contribution in [-0.4, -0.2) is 35.9 Å². The van der Waals surface area contributed by atoms with Crippen molar-refractivity contribution in [1.29, 1.82) is 0 Å². The van der Waals surface area contributed by atoms with Gasteiger partial charge >= 0.3 is 0 Å². The van der Waals surface area contributed by atoms with E-state index in [1.165, 1.54) is 31.2 Å². The minimum Gasteiger partial charge on any atom is -0.459 e. The van der Waals surface area contributed by atoms with Gasteiger partial charge in [0, 0.05) is 41.9 Å². The molecule has 1 unspecified atom stereocenters. The Labute approximate surface area is 181 Å². The number of hydrogen-bond donors (Lipinski definition) is 2. The molecule has 0 aliphatic carbocycles. The highest BCUT2D eigenvalue weighted by Gasteiger charge is 2.26. The van der Waals surface area contributed by atoms with Crippen LogP contribution in [0.3, 0.4) is 0 Å². The van der Waals surface area contributed by atoms with Crippen LogP contribution in [0.25, 0.3) is 10.8 Å². The molecule has 3 heterocycles. The van der Waals surface area contributed by atoms with E-state index in [1.807, 2.05) is 26.0 Å². The van der Waals surface area contributed by atoms with Crippen LogP contribution in [0.1, 0.15) is 43.7 Å². The van der Waals surface area contributed by atoms with Crippen LogP contribution < -0.4 is 15.5 Å².